The number of halogens is 1. The van der Waals surface area contributed by atoms with Gasteiger partial charge in [-0.3, -0.25) is 0 Å². The molecule has 3 nitrogen and oxygen atoms in total. The predicted octanol–water partition coefficient (Wildman–Crippen LogP) is 4.90. The second kappa shape index (κ2) is 5.93. The molecule has 0 aliphatic carbocycles. The van der Waals surface area contributed by atoms with E-state index < -0.39 is 0 Å². The summed E-state index contributed by atoms with van der Waals surface area (Å²) in [5.41, 5.74) is 2.96. The monoisotopic (exact) mass is 321 g/mol. The standard InChI is InChI=1S/C16H20ClN3S/c1-9-7-10(2)18-12(8-9)21-14-11(3)13(17)19-15(20-14)16(4,5)6/h7-8H,1-6H3. The minimum Gasteiger partial charge on any atom is -0.246 e. The molecule has 2 aromatic heterocycles. The molecule has 0 aliphatic rings. The predicted molar refractivity (Wildman–Crippen MR) is 88.3 cm³/mol. The Labute approximate surface area is 135 Å². The maximum absolute atomic E-state index is 6.27. The normalized spacial score (nSPS) is 11.8. The van der Waals surface area contributed by atoms with Crippen LogP contribution in [-0.2, 0) is 5.41 Å². The maximum Gasteiger partial charge on any atom is 0.136 e. The van der Waals surface area contributed by atoms with Crippen molar-refractivity contribution in [2.24, 2.45) is 0 Å². The average Bonchev–Trinajstić information content (AvgIpc) is 2.32. The van der Waals surface area contributed by atoms with E-state index in [2.05, 4.69) is 54.8 Å². The highest BCUT2D eigenvalue weighted by molar-refractivity contribution is 7.99. The van der Waals surface area contributed by atoms with Crippen molar-refractivity contribution in [2.45, 2.75) is 57.0 Å². The molecule has 0 spiro atoms. The van der Waals surface area contributed by atoms with E-state index in [1.54, 1.807) is 11.8 Å². The van der Waals surface area contributed by atoms with Gasteiger partial charge in [0.05, 0.1) is 0 Å². The SMILES string of the molecule is Cc1cc(C)nc(Sc2nc(C(C)(C)C)nc(Cl)c2C)c1. The zero-order valence-corrected chi connectivity index (χ0v) is 14.9. The maximum atomic E-state index is 6.27. The lowest BCUT2D eigenvalue weighted by Crippen LogP contribution is -2.17. The van der Waals surface area contributed by atoms with E-state index in [1.807, 2.05) is 13.8 Å². The van der Waals surface area contributed by atoms with Gasteiger partial charge in [-0.25, -0.2) is 15.0 Å². The molecular weight excluding hydrogens is 302 g/mol. The quantitative estimate of drug-likeness (QED) is 0.737. The molecule has 2 aromatic rings. The highest BCUT2D eigenvalue weighted by Gasteiger charge is 2.21. The van der Waals surface area contributed by atoms with Crippen molar-refractivity contribution < 1.29 is 0 Å². The smallest absolute Gasteiger partial charge is 0.136 e. The van der Waals surface area contributed by atoms with Crippen LogP contribution in [0.5, 0.6) is 0 Å². The number of nitrogens with zero attached hydrogens (tertiary/aromatic N) is 3. The van der Waals surface area contributed by atoms with Crippen LogP contribution in [0.4, 0.5) is 0 Å². The highest BCUT2D eigenvalue weighted by Crippen LogP contribution is 2.32. The zero-order chi connectivity index (χ0) is 15.8. The summed E-state index contributed by atoms with van der Waals surface area (Å²) in [4.78, 5) is 13.6. The van der Waals surface area contributed by atoms with Gasteiger partial charge in [0.15, 0.2) is 0 Å². The van der Waals surface area contributed by atoms with Crippen molar-refractivity contribution >= 4 is 23.4 Å². The van der Waals surface area contributed by atoms with Crippen molar-refractivity contribution in [3.8, 4) is 0 Å². The van der Waals surface area contributed by atoms with Crippen LogP contribution in [0, 0.1) is 20.8 Å². The number of hydrogen-bond acceptors (Lipinski definition) is 4. The third-order valence-corrected chi connectivity index (χ3v) is 4.37. The highest BCUT2D eigenvalue weighted by atomic mass is 35.5. The van der Waals surface area contributed by atoms with Crippen LogP contribution in [0.25, 0.3) is 0 Å². The van der Waals surface area contributed by atoms with Crippen molar-refractivity contribution in [1.29, 1.82) is 0 Å². The molecule has 0 unspecified atom stereocenters. The molecule has 2 rings (SSSR count). The van der Waals surface area contributed by atoms with Crippen LogP contribution >= 0.6 is 23.4 Å². The first-order chi connectivity index (χ1) is 9.66. The van der Waals surface area contributed by atoms with Gasteiger partial charge in [0, 0.05) is 16.7 Å². The lowest BCUT2D eigenvalue weighted by molar-refractivity contribution is 0.537. The Morgan fingerprint density at radius 1 is 1.00 bits per heavy atom. The molecule has 0 saturated carbocycles. The van der Waals surface area contributed by atoms with Crippen LogP contribution in [0.2, 0.25) is 5.15 Å². The third kappa shape index (κ3) is 3.95. The minimum atomic E-state index is -0.136. The molecule has 0 atom stereocenters. The molecule has 0 radical (unpaired) electrons. The van der Waals surface area contributed by atoms with Crippen molar-refractivity contribution in [3.05, 3.63) is 39.9 Å². The molecule has 5 heteroatoms. The van der Waals surface area contributed by atoms with E-state index in [9.17, 15) is 0 Å². The van der Waals surface area contributed by atoms with Crippen molar-refractivity contribution in [2.75, 3.05) is 0 Å². The second-order valence-electron chi connectivity index (χ2n) is 6.24. The van der Waals surface area contributed by atoms with E-state index >= 15 is 0 Å². The fraction of sp³-hybridized carbons (Fsp3) is 0.438. The molecule has 0 N–H and O–H groups in total. The third-order valence-electron chi connectivity index (χ3n) is 2.99. The summed E-state index contributed by atoms with van der Waals surface area (Å²) in [5, 5.41) is 2.32. The van der Waals surface area contributed by atoms with Gasteiger partial charge in [0.25, 0.3) is 0 Å². The second-order valence-corrected chi connectivity index (χ2v) is 7.61. The molecule has 21 heavy (non-hydrogen) atoms. The van der Waals surface area contributed by atoms with Gasteiger partial charge in [-0.15, -0.1) is 0 Å². The molecule has 0 amide bonds. The Morgan fingerprint density at radius 3 is 2.24 bits per heavy atom. The first-order valence-electron chi connectivity index (χ1n) is 6.84. The molecule has 112 valence electrons. The minimum absolute atomic E-state index is 0.136. The summed E-state index contributed by atoms with van der Waals surface area (Å²) >= 11 is 7.81. The molecule has 0 aliphatic heterocycles. The molecule has 0 bridgehead atoms. The topological polar surface area (TPSA) is 38.7 Å². The summed E-state index contributed by atoms with van der Waals surface area (Å²) in [6, 6.07) is 4.12. The van der Waals surface area contributed by atoms with E-state index in [4.69, 9.17) is 11.6 Å². The fourth-order valence-electron chi connectivity index (χ4n) is 1.86. The van der Waals surface area contributed by atoms with Gasteiger partial charge in [-0.05, 0) is 50.2 Å². The van der Waals surface area contributed by atoms with Crippen LogP contribution in [0.15, 0.2) is 22.2 Å². The summed E-state index contributed by atoms with van der Waals surface area (Å²) in [6.07, 6.45) is 0. The Kier molecular flexibility index (Phi) is 4.59. The number of aromatic nitrogens is 3. The summed E-state index contributed by atoms with van der Waals surface area (Å²) < 4.78 is 0. The van der Waals surface area contributed by atoms with E-state index in [0.717, 1.165) is 27.1 Å². The van der Waals surface area contributed by atoms with Gasteiger partial charge in [-0.2, -0.15) is 0 Å². The number of pyridine rings is 1. The van der Waals surface area contributed by atoms with Crippen LogP contribution < -0.4 is 0 Å². The van der Waals surface area contributed by atoms with Gasteiger partial charge in [0.1, 0.15) is 21.0 Å². The van der Waals surface area contributed by atoms with Crippen molar-refractivity contribution in [3.63, 3.8) is 0 Å². The van der Waals surface area contributed by atoms with Gasteiger partial charge in [0.2, 0.25) is 0 Å². The van der Waals surface area contributed by atoms with Crippen LogP contribution in [0.1, 0.15) is 43.4 Å². The molecular formula is C16H20ClN3S. The lowest BCUT2D eigenvalue weighted by atomic mass is 9.96. The van der Waals surface area contributed by atoms with Crippen molar-refractivity contribution in [1.82, 2.24) is 15.0 Å². The molecule has 0 fully saturated rings. The Hall–Kier alpha value is -1.13. The Balaban J connectivity index is 2.46. The Morgan fingerprint density at radius 2 is 1.67 bits per heavy atom. The fourth-order valence-corrected chi connectivity index (χ4v) is 3.10. The van der Waals surface area contributed by atoms with Gasteiger partial charge >= 0.3 is 0 Å². The lowest BCUT2D eigenvalue weighted by Gasteiger charge is -2.18. The van der Waals surface area contributed by atoms with Gasteiger partial charge in [-0.1, -0.05) is 32.4 Å². The molecule has 0 saturated heterocycles. The first kappa shape index (κ1) is 16.2. The van der Waals surface area contributed by atoms with Crippen LogP contribution in [0.3, 0.4) is 0 Å². The average molecular weight is 322 g/mol. The number of aryl methyl sites for hydroxylation is 2. The van der Waals surface area contributed by atoms with E-state index in [1.165, 1.54) is 5.56 Å². The number of rotatable bonds is 2. The van der Waals surface area contributed by atoms with Gasteiger partial charge < -0.3 is 0 Å². The largest absolute Gasteiger partial charge is 0.246 e. The van der Waals surface area contributed by atoms with Crippen LogP contribution in [-0.4, -0.2) is 15.0 Å². The number of hydrogen-bond donors (Lipinski definition) is 0. The zero-order valence-electron chi connectivity index (χ0n) is 13.3. The molecule has 0 aromatic carbocycles. The van der Waals surface area contributed by atoms with E-state index in [0.29, 0.717) is 5.15 Å². The molecule has 2 heterocycles. The van der Waals surface area contributed by atoms with E-state index in [-0.39, 0.29) is 5.41 Å². The summed E-state index contributed by atoms with van der Waals surface area (Å²) in [7, 11) is 0. The summed E-state index contributed by atoms with van der Waals surface area (Å²) in [6.45, 7) is 12.3. The summed E-state index contributed by atoms with van der Waals surface area (Å²) in [5.74, 6) is 0.755. The Bertz CT molecular complexity index is 658. The first-order valence-corrected chi connectivity index (χ1v) is 8.04.